The van der Waals surface area contributed by atoms with Crippen LogP contribution in [0.2, 0.25) is 0 Å². The summed E-state index contributed by atoms with van der Waals surface area (Å²) in [6, 6.07) is 13.5. The SMILES string of the molecule is COc1cc(NCCCN)ccc1-c1ccc(C(=O)N2CCN(C(=O)C3(O)CC3)CC2)cc1. The van der Waals surface area contributed by atoms with Crippen molar-refractivity contribution in [3.8, 4) is 16.9 Å². The van der Waals surface area contributed by atoms with Crippen LogP contribution in [0.15, 0.2) is 42.5 Å². The Balaban J connectivity index is 1.39. The number of ether oxygens (including phenoxy) is 1. The van der Waals surface area contributed by atoms with Gasteiger partial charge in [-0.05, 0) is 55.6 Å². The Morgan fingerprint density at radius 2 is 1.73 bits per heavy atom. The minimum atomic E-state index is -1.15. The van der Waals surface area contributed by atoms with E-state index < -0.39 is 5.60 Å². The van der Waals surface area contributed by atoms with Crippen LogP contribution in [0.3, 0.4) is 0 Å². The zero-order valence-electron chi connectivity index (χ0n) is 19.0. The van der Waals surface area contributed by atoms with Gasteiger partial charge in [0.05, 0.1) is 7.11 Å². The number of rotatable bonds is 8. The summed E-state index contributed by atoms with van der Waals surface area (Å²) in [7, 11) is 1.65. The lowest BCUT2D eigenvalue weighted by Crippen LogP contribution is -2.53. The highest BCUT2D eigenvalue weighted by Gasteiger charge is 2.50. The molecule has 0 unspecified atom stereocenters. The molecule has 1 saturated heterocycles. The molecule has 1 aliphatic heterocycles. The maximum absolute atomic E-state index is 13.0. The van der Waals surface area contributed by atoms with E-state index in [-0.39, 0.29) is 11.8 Å². The first-order valence-electron chi connectivity index (χ1n) is 11.5. The highest BCUT2D eigenvalue weighted by atomic mass is 16.5. The second kappa shape index (κ2) is 9.80. The van der Waals surface area contributed by atoms with Crippen LogP contribution in [0, 0.1) is 0 Å². The van der Waals surface area contributed by atoms with Gasteiger partial charge in [-0.25, -0.2) is 0 Å². The van der Waals surface area contributed by atoms with Crippen molar-refractivity contribution >= 4 is 17.5 Å². The average Bonchev–Trinajstić information content (AvgIpc) is 3.62. The number of nitrogens with two attached hydrogens (primary N) is 1. The van der Waals surface area contributed by atoms with Crippen molar-refractivity contribution in [1.29, 1.82) is 0 Å². The molecule has 2 amide bonds. The second-order valence-corrected chi connectivity index (χ2v) is 8.68. The van der Waals surface area contributed by atoms with Crippen molar-refractivity contribution in [2.45, 2.75) is 24.9 Å². The van der Waals surface area contributed by atoms with Crippen LogP contribution < -0.4 is 15.8 Å². The summed E-state index contributed by atoms with van der Waals surface area (Å²) in [6.45, 7) is 3.29. The van der Waals surface area contributed by atoms with Crippen molar-refractivity contribution in [2.24, 2.45) is 5.73 Å². The van der Waals surface area contributed by atoms with Gasteiger partial charge in [0, 0.05) is 55.6 Å². The monoisotopic (exact) mass is 452 g/mol. The van der Waals surface area contributed by atoms with Crippen LogP contribution in [0.5, 0.6) is 5.75 Å². The van der Waals surface area contributed by atoms with Gasteiger partial charge in [-0.1, -0.05) is 12.1 Å². The van der Waals surface area contributed by atoms with E-state index in [9.17, 15) is 14.7 Å². The number of anilines is 1. The quantitative estimate of drug-likeness (QED) is 0.528. The van der Waals surface area contributed by atoms with Gasteiger partial charge >= 0.3 is 0 Å². The molecule has 0 aromatic heterocycles. The predicted molar refractivity (Wildman–Crippen MR) is 127 cm³/mol. The lowest BCUT2D eigenvalue weighted by molar-refractivity contribution is -0.143. The van der Waals surface area contributed by atoms with Gasteiger partial charge in [-0.15, -0.1) is 0 Å². The second-order valence-electron chi connectivity index (χ2n) is 8.68. The van der Waals surface area contributed by atoms with Gasteiger partial charge in [0.2, 0.25) is 0 Å². The molecule has 8 heteroatoms. The van der Waals surface area contributed by atoms with E-state index in [2.05, 4.69) is 5.32 Å². The van der Waals surface area contributed by atoms with Crippen molar-refractivity contribution in [3.63, 3.8) is 0 Å². The number of hydrogen-bond donors (Lipinski definition) is 3. The van der Waals surface area contributed by atoms with Crippen LogP contribution in [0.25, 0.3) is 11.1 Å². The molecule has 4 rings (SSSR count). The summed E-state index contributed by atoms with van der Waals surface area (Å²) in [5.74, 6) is 0.503. The Kier molecular flexibility index (Phi) is 6.85. The number of aliphatic hydroxyl groups is 1. The van der Waals surface area contributed by atoms with Crippen molar-refractivity contribution in [1.82, 2.24) is 9.80 Å². The summed E-state index contributed by atoms with van der Waals surface area (Å²) >= 11 is 0. The lowest BCUT2D eigenvalue weighted by atomic mass is 10.0. The number of amides is 2. The first-order chi connectivity index (χ1) is 15.9. The third kappa shape index (κ3) is 5.12. The highest BCUT2D eigenvalue weighted by molar-refractivity contribution is 5.95. The summed E-state index contributed by atoms with van der Waals surface area (Å²) in [4.78, 5) is 28.7. The van der Waals surface area contributed by atoms with Gasteiger partial charge in [0.1, 0.15) is 11.4 Å². The maximum Gasteiger partial charge on any atom is 0.254 e. The first kappa shape index (κ1) is 23.1. The normalized spacial score (nSPS) is 16.9. The average molecular weight is 453 g/mol. The molecule has 1 heterocycles. The Hall–Kier alpha value is -3.10. The molecule has 0 bridgehead atoms. The molecular formula is C25H32N4O4. The molecule has 0 spiro atoms. The van der Waals surface area contributed by atoms with Crippen LogP contribution >= 0.6 is 0 Å². The minimum Gasteiger partial charge on any atom is -0.496 e. The van der Waals surface area contributed by atoms with Crippen LogP contribution in [-0.4, -0.2) is 78.7 Å². The Morgan fingerprint density at radius 3 is 2.33 bits per heavy atom. The van der Waals surface area contributed by atoms with E-state index in [1.807, 2.05) is 42.5 Å². The van der Waals surface area contributed by atoms with Crippen LogP contribution in [-0.2, 0) is 4.79 Å². The number of piperazine rings is 1. The molecule has 8 nitrogen and oxygen atoms in total. The molecule has 176 valence electrons. The van der Waals surface area contributed by atoms with E-state index in [1.54, 1.807) is 16.9 Å². The summed E-state index contributed by atoms with van der Waals surface area (Å²) in [5.41, 5.74) is 7.90. The maximum atomic E-state index is 13.0. The molecule has 2 aromatic rings. The van der Waals surface area contributed by atoms with E-state index in [0.717, 1.165) is 35.5 Å². The summed E-state index contributed by atoms with van der Waals surface area (Å²) in [5, 5.41) is 13.4. The molecule has 1 aliphatic carbocycles. The topological polar surface area (TPSA) is 108 Å². The zero-order chi connectivity index (χ0) is 23.4. The number of nitrogens with zero attached hydrogens (tertiary/aromatic N) is 2. The van der Waals surface area contributed by atoms with E-state index in [1.165, 1.54) is 0 Å². The Labute approximate surface area is 194 Å². The molecule has 2 fully saturated rings. The number of hydrogen-bond acceptors (Lipinski definition) is 6. The fraction of sp³-hybridized carbons (Fsp3) is 0.440. The van der Waals surface area contributed by atoms with Crippen LogP contribution in [0.1, 0.15) is 29.6 Å². The first-order valence-corrected chi connectivity index (χ1v) is 11.5. The largest absolute Gasteiger partial charge is 0.496 e. The minimum absolute atomic E-state index is 0.0507. The van der Waals surface area contributed by atoms with Crippen molar-refractivity contribution in [2.75, 3.05) is 51.7 Å². The molecule has 0 radical (unpaired) electrons. The van der Waals surface area contributed by atoms with E-state index in [0.29, 0.717) is 51.1 Å². The molecule has 33 heavy (non-hydrogen) atoms. The molecular weight excluding hydrogens is 420 g/mol. The third-order valence-electron chi connectivity index (χ3n) is 6.33. The molecule has 4 N–H and O–H groups in total. The highest BCUT2D eigenvalue weighted by Crippen LogP contribution is 2.37. The number of nitrogens with one attached hydrogen (secondary N) is 1. The summed E-state index contributed by atoms with van der Waals surface area (Å²) < 4.78 is 5.59. The molecule has 1 saturated carbocycles. The van der Waals surface area contributed by atoms with E-state index in [4.69, 9.17) is 10.5 Å². The lowest BCUT2D eigenvalue weighted by Gasteiger charge is -2.35. The number of benzene rings is 2. The van der Waals surface area contributed by atoms with Crippen molar-refractivity contribution < 1.29 is 19.4 Å². The Bertz CT molecular complexity index is 996. The number of carbonyl (C=O) groups is 2. The fourth-order valence-electron chi connectivity index (χ4n) is 4.09. The smallest absolute Gasteiger partial charge is 0.254 e. The standard InChI is InChI=1S/C25H32N4O4/c1-33-22-17-20(27-12-2-11-26)7-8-21(22)18-3-5-19(6-4-18)23(30)28-13-15-29(16-14-28)24(31)25(32)9-10-25/h3-8,17,27,32H,2,9-16,26H2,1H3. The predicted octanol–water partition coefficient (Wildman–Crippen LogP) is 1.93. The third-order valence-corrected chi connectivity index (χ3v) is 6.33. The fourth-order valence-corrected chi connectivity index (χ4v) is 4.09. The zero-order valence-corrected chi connectivity index (χ0v) is 19.0. The van der Waals surface area contributed by atoms with Gasteiger partial charge in [0.25, 0.3) is 11.8 Å². The van der Waals surface area contributed by atoms with Gasteiger partial charge < -0.3 is 30.7 Å². The number of carbonyl (C=O) groups excluding carboxylic acids is 2. The number of methoxy groups -OCH3 is 1. The van der Waals surface area contributed by atoms with Gasteiger partial charge in [-0.3, -0.25) is 9.59 Å². The van der Waals surface area contributed by atoms with E-state index >= 15 is 0 Å². The molecule has 2 aliphatic rings. The Morgan fingerprint density at radius 1 is 1.06 bits per heavy atom. The summed E-state index contributed by atoms with van der Waals surface area (Å²) in [6.07, 6.45) is 1.97. The van der Waals surface area contributed by atoms with Crippen molar-refractivity contribution in [3.05, 3.63) is 48.0 Å². The van der Waals surface area contributed by atoms with Crippen LogP contribution in [0.4, 0.5) is 5.69 Å². The molecule has 2 aromatic carbocycles. The molecule has 0 atom stereocenters. The van der Waals surface area contributed by atoms with Gasteiger partial charge in [-0.2, -0.15) is 0 Å². The van der Waals surface area contributed by atoms with Gasteiger partial charge in [0.15, 0.2) is 0 Å².